The third kappa shape index (κ3) is 3.69. The first-order chi connectivity index (χ1) is 13.1. The number of nitrogens with zero attached hydrogens (tertiary/aromatic N) is 2. The van der Waals surface area contributed by atoms with E-state index in [0.29, 0.717) is 5.75 Å². The smallest absolute Gasteiger partial charge is 0.263 e. The minimum Gasteiger partial charge on any atom is -0.481 e. The van der Waals surface area contributed by atoms with Crippen LogP contribution < -0.4 is 4.74 Å². The van der Waals surface area contributed by atoms with Crippen molar-refractivity contribution in [1.82, 2.24) is 9.88 Å². The molecule has 1 aliphatic rings. The first kappa shape index (κ1) is 18.0. The van der Waals surface area contributed by atoms with Crippen molar-refractivity contribution in [2.45, 2.75) is 39.2 Å². The number of amides is 1. The van der Waals surface area contributed by atoms with Crippen LogP contribution in [0, 0.1) is 6.92 Å². The molecule has 1 aliphatic heterocycles. The Morgan fingerprint density at radius 3 is 2.74 bits per heavy atom. The number of piperidine rings is 1. The molecular weight excluding hydrogens is 356 g/mol. The SMILES string of the molecule is Cc1ccsc1-c1ccnc2cc(OC(C)C(=O)N3CCCCC3)ccc12. The van der Waals surface area contributed by atoms with Crippen LogP contribution in [0.5, 0.6) is 5.75 Å². The van der Waals surface area contributed by atoms with Crippen LogP contribution in [0.25, 0.3) is 21.3 Å². The van der Waals surface area contributed by atoms with E-state index in [4.69, 9.17) is 4.74 Å². The Morgan fingerprint density at radius 1 is 1.19 bits per heavy atom. The lowest BCUT2D eigenvalue weighted by Crippen LogP contribution is -2.43. The second kappa shape index (κ2) is 7.69. The van der Waals surface area contributed by atoms with Crippen LogP contribution in [0.15, 0.2) is 41.9 Å². The van der Waals surface area contributed by atoms with Gasteiger partial charge in [-0.15, -0.1) is 11.3 Å². The highest BCUT2D eigenvalue weighted by Crippen LogP contribution is 2.35. The standard InChI is InChI=1S/C22H24N2O2S/c1-15-9-13-27-21(15)19-8-10-23-20-14-17(6-7-18(19)20)26-16(2)22(25)24-11-4-3-5-12-24/h6-10,13-14,16H,3-5,11-12H2,1-2H3. The maximum absolute atomic E-state index is 12.6. The fraction of sp³-hybridized carbons (Fsp3) is 0.364. The molecule has 3 heterocycles. The third-order valence-corrected chi connectivity index (χ3v) is 6.20. The molecule has 4 rings (SSSR count). The molecule has 3 aromatic rings. The molecule has 0 spiro atoms. The Balaban J connectivity index is 1.57. The van der Waals surface area contributed by atoms with E-state index in [1.165, 1.54) is 22.4 Å². The second-order valence-corrected chi connectivity index (χ2v) is 8.03. The lowest BCUT2D eigenvalue weighted by atomic mass is 10.1. The number of ether oxygens (including phenoxy) is 1. The molecule has 0 saturated carbocycles. The molecule has 1 aromatic carbocycles. The molecule has 1 saturated heterocycles. The van der Waals surface area contributed by atoms with E-state index < -0.39 is 6.10 Å². The summed E-state index contributed by atoms with van der Waals surface area (Å²) >= 11 is 1.74. The molecule has 0 aliphatic carbocycles. The zero-order valence-corrected chi connectivity index (χ0v) is 16.6. The van der Waals surface area contributed by atoms with Crippen molar-refractivity contribution in [1.29, 1.82) is 0 Å². The maximum Gasteiger partial charge on any atom is 0.263 e. The van der Waals surface area contributed by atoms with Crippen LogP contribution in [-0.2, 0) is 4.79 Å². The van der Waals surface area contributed by atoms with Gasteiger partial charge in [-0.3, -0.25) is 9.78 Å². The number of carbonyl (C=O) groups excluding carboxylic acids is 1. The highest BCUT2D eigenvalue weighted by Gasteiger charge is 2.23. The number of pyridine rings is 1. The van der Waals surface area contributed by atoms with Gasteiger partial charge in [-0.25, -0.2) is 0 Å². The highest BCUT2D eigenvalue weighted by atomic mass is 32.1. The van der Waals surface area contributed by atoms with Gasteiger partial charge in [0.15, 0.2) is 6.10 Å². The van der Waals surface area contributed by atoms with Gasteiger partial charge in [0, 0.05) is 41.2 Å². The zero-order valence-electron chi connectivity index (χ0n) is 15.8. The summed E-state index contributed by atoms with van der Waals surface area (Å²) in [6, 6.07) is 10.1. The molecule has 1 atom stereocenters. The third-order valence-electron chi connectivity index (χ3n) is 5.15. The Kier molecular flexibility index (Phi) is 5.12. The normalized spacial score (nSPS) is 15.7. The summed E-state index contributed by atoms with van der Waals surface area (Å²) in [7, 11) is 0. The molecule has 0 N–H and O–H groups in total. The predicted molar refractivity (Wildman–Crippen MR) is 110 cm³/mol. The molecule has 2 aromatic heterocycles. The van der Waals surface area contributed by atoms with Crippen molar-refractivity contribution in [2.24, 2.45) is 0 Å². The quantitative estimate of drug-likeness (QED) is 0.636. The zero-order chi connectivity index (χ0) is 18.8. The topological polar surface area (TPSA) is 42.4 Å². The monoisotopic (exact) mass is 380 g/mol. The summed E-state index contributed by atoms with van der Waals surface area (Å²) in [4.78, 5) is 20.3. The van der Waals surface area contributed by atoms with E-state index in [0.717, 1.165) is 36.8 Å². The molecule has 0 bridgehead atoms. The number of aryl methyl sites for hydroxylation is 1. The predicted octanol–water partition coefficient (Wildman–Crippen LogP) is 5.05. The number of likely N-dealkylation sites (tertiary alicyclic amines) is 1. The van der Waals surface area contributed by atoms with Gasteiger partial charge < -0.3 is 9.64 Å². The fourth-order valence-corrected chi connectivity index (χ4v) is 4.64. The van der Waals surface area contributed by atoms with E-state index in [1.807, 2.05) is 36.2 Å². The number of benzene rings is 1. The number of rotatable bonds is 4. The largest absolute Gasteiger partial charge is 0.481 e. The van der Waals surface area contributed by atoms with Gasteiger partial charge in [0.05, 0.1) is 5.52 Å². The number of hydrogen-bond donors (Lipinski definition) is 0. The van der Waals surface area contributed by atoms with Crippen molar-refractivity contribution in [3.05, 3.63) is 47.5 Å². The van der Waals surface area contributed by atoms with E-state index in [2.05, 4.69) is 29.4 Å². The van der Waals surface area contributed by atoms with Crippen LogP contribution >= 0.6 is 11.3 Å². The highest BCUT2D eigenvalue weighted by molar-refractivity contribution is 7.13. The summed E-state index contributed by atoms with van der Waals surface area (Å²) < 4.78 is 5.96. The van der Waals surface area contributed by atoms with E-state index in [1.54, 1.807) is 11.3 Å². The fourth-order valence-electron chi connectivity index (χ4n) is 3.67. The Labute approximate surface area is 163 Å². The average molecular weight is 381 g/mol. The summed E-state index contributed by atoms with van der Waals surface area (Å²) in [5.74, 6) is 0.763. The van der Waals surface area contributed by atoms with Crippen LogP contribution in [0.1, 0.15) is 31.7 Å². The molecule has 140 valence electrons. The second-order valence-electron chi connectivity index (χ2n) is 7.12. The van der Waals surface area contributed by atoms with E-state index in [9.17, 15) is 4.79 Å². The maximum atomic E-state index is 12.6. The molecular formula is C22H24N2O2S. The van der Waals surface area contributed by atoms with Gasteiger partial charge in [0.2, 0.25) is 0 Å². The molecule has 1 amide bonds. The first-order valence-electron chi connectivity index (χ1n) is 9.52. The number of carbonyl (C=O) groups is 1. The molecule has 5 heteroatoms. The van der Waals surface area contributed by atoms with Crippen LogP contribution in [0.2, 0.25) is 0 Å². The number of aromatic nitrogens is 1. The Bertz CT molecular complexity index is 960. The van der Waals surface area contributed by atoms with Gasteiger partial charge in [0.25, 0.3) is 5.91 Å². The lowest BCUT2D eigenvalue weighted by molar-refractivity contribution is -0.138. The van der Waals surface area contributed by atoms with Gasteiger partial charge in [0.1, 0.15) is 5.75 Å². The Hall–Kier alpha value is -2.40. The molecule has 1 unspecified atom stereocenters. The van der Waals surface area contributed by atoms with Crippen molar-refractivity contribution in [3.8, 4) is 16.2 Å². The number of thiophene rings is 1. The summed E-state index contributed by atoms with van der Waals surface area (Å²) in [6.07, 6.45) is 4.74. The minimum absolute atomic E-state index is 0.0747. The molecule has 1 fully saturated rings. The molecule has 4 nitrogen and oxygen atoms in total. The number of hydrogen-bond acceptors (Lipinski definition) is 4. The average Bonchev–Trinajstić information content (AvgIpc) is 3.13. The van der Waals surface area contributed by atoms with Crippen molar-refractivity contribution in [3.63, 3.8) is 0 Å². The lowest BCUT2D eigenvalue weighted by Gasteiger charge is -2.29. The van der Waals surface area contributed by atoms with Crippen LogP contribution in [0.3, 0.4) is 0 Å². The first-order valence-corrected chi connectivity index (χ1v) is 10.4. The van der Waals surface area contributed by atoms with Gasteiger partial charge in [-0.2, -0.15) is 0 Å². The van der Waals surface area contributed by atoms with E-state index >= 15 is 0 Å². The number of fused-ring (bicyclic) bond motifs is 1. The Morgan fingerprint density at radius 2 is 2.00 bits per heavy atom. The summed E-state index contributed by atoms with van der Waals surface area (Å²) in [6.45, 7) is 5.65. The van der Waals surface area contributed by atoms with Gasteiger partial charge in [-0.05, 0) is 68.3 Å². The summed E-state index contributed by atoms with van der Waals surface area (Å²) in [5.41, 5.74) is 3.35. The summed E-state index contributed by atoms with van der Waals surface area (Å²) in [5, 5.41) is 3.22. The van der Waals surface area contributed by atoms with Gasteiger partial charge in [-0.1, -0.05) is 0 Å². The minimum atomic E-state index is -0.483. The van der Waals surface area contributed by atoms with Crippen molar-refractivity contribution >= 4 is 28.1 Å². The van der Waals surface area contributed by atoms with Crippen LogP contribution in [-0.4, -0.2) is 35.0 Å². The van der Waals surface area contributed by atoms with Crippen molar-refractivity contribution in [2.75, 3.05) is 13.1 Å². The van der Waals surface area contributed by atoms with Crippen molar-refractivity contribution < 1.29 is 9.53 Å². The van der Waals surface area contributed by atoms with Gasteiger partial charge >= 0.3 is 0 Å². The molecule has 27 heavy (non-hydrogen) atoms. The van der Waals surface area contributed by atoms with E-state index in [-0.39, 0.29) is 5.91 Å². The van der Waals surface area contributed by atoms with Crippen LogP contribution in [0.4, 0.5) is 0 Å². The molecule has 0 radical (unpaired) electrons.